The number of carbonyl (C=O) groups excluding carboxylic acids is 3. The number of carbonyl (C=O) groups is 5. The van der Waals surface area contributed by atoms with Gasteiger partial charge in [-0.3, -0.25) is 24.0 Å². The fraction of sp³-hybridized carbons (Fsp3) is 0.421. The predicted octanol–water partition coefficient (Wildman–Crippen LogP) is -2.42. The highest BCUT2D eigenvalue weighted by atomic mass is 16.4. The first-order chi connectivity index (χ1) is 14.5. The van der Waals surface area contributed by atoms with Gasteiger partial charge in [-0.2, -0.15) is 0 Å². The van der Waals surface area contributed by atoms with Gasteiger partial charge in [-0.25, -0.2) is 0 Å². The second kappa shape index (κ2) is 12.2. The van der Waals surface area contributed by atoms with Crippen molar-refractivity contribution in [2.24, 2.45) is 5.73 Å². The van der Waals surface area contributed by atoms with Crippen molar-refractivity contribution in [1.82, 2.24) is 16.0 Å². The summed E-state index contributed by atoms with van der Waals surface area (Å²) in [5.74, 6) is -5.27. The lowest BCUT2D eigenvalue weighted by Gasteiger charge is -2.23. The Morgan fingerprint density at radius 3 is 1.97 bits per heavy atom. The van der Waals surface area contributed by atoms with Crippen molar-refractivity contribution in [3.05, 3.63) is 35.9 Å². The molecular formula is C19H26N4O8. The normalized spacial score (nSPS) is 14.4. The molecule has 4 unspecified atom stereocenters. The number of carboxylic acids is 2. The number of nitrogens with one attached hydrogen (secondary N) is 3. The van der Waals surface area contributed by atoms with Crippen LogP contribution in [0.1, 0.15) is 18.9 Å². The van der Waals surface area contributed by atoms with E-state index in [1.54, 1.807) is 30.3 Å². The van der Waals surface area contributed by atoms with Crippen LogP contribution >= 0.6 is 0 Å². The topological polar surface area (TPSA) is 208 Å². The summed E-state index contributed by atoms with van der Waals surface area (Å²) in [6, 6.07) is 3.16. The van der Waals surface area contributed by atoms with Crippen LogP contribution in [0.25, 0.3) is 0 Å². The monoisotopic (exact) mass is 438 g/mol. The van der Waals surface area contributed by atoms with Crippen LogP contribution in [0.2, 0.25) is 0 Å². The van der Waals surface area contributed by atoms with Crippen molar-refractivity contribution >= 4 is 29.7 Å². The zero-order valence-electron chi connectivity index (χ0n) is 16.8. The van der Waals surface area contributed by atoms with Gasteiger partial charge >= 0.3 is 11.9 Å². The van der Waals surface area contributed by atoms with Crippen molar-refractivity contribution in [3.63, 3.8) is 0 Å². The standard InChI is InChI=1S/C19H26N4O8/c1-10(19(30)31)21-18(29)14(9-24)23-17(28)13(7-11-5-3-2-4-6-11)22-16(27)12(20)8-15(25)26/h2-6,10,12-14,24H,7-9,20H2,1H3,(H,21,29)(H,22,27)(H,23,28)(H,25,26)(H,30,31). The van der Waals surface area contributed by atoms with Gasteiger partial charge in [0.05, 0.1) is 19.1 Å². The predicted molar refractivity (Wildman–Crippen MR) is 107 cm³/mol. The molecule has 4 atom stereocenters. The van der Waals surface area contributed by atoms with Crippen LogP contribution in [-0.2, 0) is 30.4 Å². The second-order valence-electron chi connectivity index (χ2n) is 6.77. The number of benzene rings is 1. The summed E-state index contributed by atoms with van der Waals surface area (Å²) >= 11 is 0. The highest BCUT2D eigenvalue weighted by molar-refractivity contribution is 5.94. The molecule has 0 aliphatic carbocycles. The molecule has 0 aliphatic rings. The number of hydrogen-bond donors (Lipinski definition) is 7. The molecule has 0 aliphatic heterocycles. The first kappa shape index (κ1) is 25.5. The number of rotatable bonds is 12. The van der Waals surface area contributed by atoms with Gasteiger partial charge in [0.2, 0.25) is 17.7 Å². The summed E-state index contributed by atoms with van der Waals surface area (Å²) in [6.45, 7) is 0.382. The molecule has 0 fully saturated rings. The number of aliphatic hydroxyl groups is 1. The number of hydrogen-bond acceptors (Lipinski definition) is 7. The minimum atomic E-state index is -1.47. The second-order valence-corrected chi connectivity index (χ2v) is 6.77. The van der Waals surface area contributed by atoms with Gasteiger partial charge in [0.1, 0.15) is 18.1 Å². The summed E-state index contributed by atoms with van der Waals surface area (Å²) in [5.41, 5.74) is 6.19. The van der Waals surface area contributed by atoms with E-state index in [9.17, 15) is 29.1 Å². The molecule has 3 amide bonds. The van der Waals surface area contributed by atoms with Crippen LogP contribution in [0.15, 0.2) is 30.3 Å². The molecule has 0 radical (unpaired) electrons. The highest BCUT2D eigenvalue weighted by Gasteiger charge is 2.29. The fourth-order valence-electron chi connectivity index (χ4n) is 2.46. The molecule has 0 aromatic heterocycles. The van der Waals surface area contributed by atoms with E-state index >= 15 is 0 Å². The van der Waals surface area contributed by atoms with Gasteiger partial charge in [0.25, 0.3) is 0 Å². The molecular weight excluding hydrogens is 412 g/mol. The van der Waals surface area contributed by atoms with E-state index in [0.29, 0.717) is 5.56 Å². The molecule has 0 saturated heterocycles. The smallest absolute Gasteiger partial charge is 0.325 e. The van der Waals surface area contributed by atoms with Gasteiger partial charge in [0.15, 0.2) is 0 Å². The largest absolute Gasteiger partial charge is 0.481 e. The van der Waals surface area contributed by atoms with Crippen molar-refractivity contribution < 1.29 is 39.3 Å². The quantitative estimate of drug-likeness (QED) is 0.185. The fourth-order valence-corrected chi connectivity index (χ4v) is 2.46. The first-order valence-electron chi connectivity index (χ1n) is 9.31. The van der Waals surface area contributed by atoms with E-state index in [1.165, 1.54) is 6.92 Å². The average Bonchev–Trinajstić information content (AvgIpc) is 2.71. The maximum atomic E-state index is 12.7. The van der Waals surface area contributed by atoms with Crippen molar-refractivity contribution in [1.29, 1.82) is 0 Å². The minimum absolute atomic E-state index is 0.0104. The summed E-state index contributed by atoms with van der Waals surface area (Å²) in [6.07, 6.45) is -0.663. The average molecular weight is 438 g/mol. The third-order valence-electron chi connectivity index (χ3n) is 4.19. The molecule has 12 nitrogen and oxygen atoms in total. The van der Waals surface area contributed by atoms with Gasteiger partial charge in [-0.1, -0.05) is 30.3 Å². The Kier molecular flexibility index (Phi) is 10.1. The zero-order valence-corrected chi connectivity index (χ0v) is 16.8. The van der Waals surface area contributed by atoms with Gasteiger partial charge in [-0.05, 0) is 12.5 Å². The molecule has 170 valence electrons. The first-order valence-corrected chi connectivity index (χ1v) is 9.31. The van der Waals surface area contributed by atoms with Crippen LogP contribution in [0.4, 0.5) is 0 Å². The molecule has 0 bridgehead atoms. The molecule has 12 heteroatoms. The Morgan fingerprint density at radius 2 is 1.45 bits per heavy atom. The number of amides is 3. The lowest BCUT2D eigenvalue weighted by molar-refractivity contribution is -0.142. The Labute approximate surface area is 177 Å². The van der Waals surface area contributed by atoms with E-state index < -0.39 is 66.9 Å². The summed E-state index contributed by atoms with van der Waals surface area (Å²) in [5, 5.41) is 33.8. The molecule has 1 aromatic rings. The van der Waals surface area contributed by atoms with Crippen molar-refractivity contribution in [2.45, 2.75) is 43.9 Å². The van der Waals surface area contributed by atoms with Crippen LogP contribution in [0.5, 0.6) is 0 Å². The molecule has 31 heavy (non-hydrogen) atoms. The Morgan fingerprint density at radius 1 is 0.903 bits per heavy atom. The molecule has 8 N–H and O–H groups in total. The van der Waals surface area contributed by atoms with Crippen LogP contribution in [0.3, 0.4) is 0 Å². The Hall–Kier alpha value is -3.51. The maximum absolute atomic E-state index is 12.7. The molecule has 0 spiro atoms. The van der Waals surface area contributed by atoms with E-state index in [-0.39, 0.29) is 6.42 Å². The van der Waals surface area contributed by atoms with E-state index in [4.69, 9.17) is 15.9 Å². The van der Waals surface area contributed by atoms with Gasteiger partial charge in [0, 0.05) is 6.42 Å². The lowest BCUT2D eigenvalue weighted by Crippen LogP contribution is -2.58. The van der Waals surface area contributed by atoms with E-state index in [2.05, 4.69) is 16.0 Å². The van der Waals surface area contributed by atoms with Crippen molar-refractivity contribution in [3.8, 4) is 0 Å². The minimum Gasteiger partial charge on any atom is -0.481 e. The number of carboxylic acid groups (broad SMARTS) is 2. The third kappa shape index (κ3) is 8.80. The zero-order chi connectivity index (χ0) is 23.6. The Bertz CT molecular complexity index is 801. The highest BCUT2D eigenvalue weighted by Crippen LogP contribution is 2.05. The van der Waals surface area contributed by atoms with Crippen LogP contribution in [-0.4, -0.2) is 75.8 Å². The maximum Gasteiger partial charge on any atom is 0.325 e. The SMILES string of the molecule is CC(NC(=O)C(CO)NC(=O)C(Cc1ccccc1)NC(=O)C(N)CC(=O)O)C(=O)O. The molecule has 1 rings (SSSR count). The summed E-state index contributed by atoms with van der Waals surface area (Å²) in [7, 11) is 0. The van der Waals surface area contributed by atoms with Gasteiger partial charge < -0.3 is 37.0 Å². The Balaban J connectivity index is 2.95. The molecule has 1 aromatic carbocycles. The number of aliphatic carboxylic acids is 2. The lowest BCUT2D eigenvalue weighted by atomic mass is 10.0. The van der Waals surface area contributed by atoms with Crippen LogP contribution in [0, 0.1) is 0 Å². The van der Waals surface area contributed by atoms with Gasteiger partial charge in [-0.15, -0.1) is 0 Å². The third-order valence-corrected chi connectivity index (χ3v) is 4.19. The van der Waals surface area contributed by atoms with E-state index in [0.717, 1.165) is 0 Å². The summed E-state index contributed by atoms with van der Waals surface area (Å²) in [4.78, 5) is 58.7. The number of nitrogens with two attached hydrogens (primary N) is 1. The van der Waals surface area contributed by atoms with Crippen molar-refractivity contribution in [2.75, 3.05) is 6.61 Å². The molecule has 0 heterocycles. The molecule has 0 saturated carbocycles. The number of aliphatic hydroxyl groups excluding tert-OH is 1. The van der Waals surface area contributed by atoms with E-state index in [1.807, 2.05) is 0 Å². The summed E-state index contributed by atoms with van der Waals surface area (Å²) < 4.78 is 0. The van der Waals surface area contributed by atoms with Crippen LogP contribution < -0.4 is 21.7 Å².